The van der Waals surface area contributed by atoms with Crippen molar-refractivity contribution in [3.63, 3.8) is 0 Å². The number of hydrazine groups is 1. The third-order valence-electron chi connectivity index (χ3n) is 6.13. The van der Waals surface area contributed by atoms with Gasteiger partial charge in [0.2, 0.25) is 0 Å². The van der Waals surface area contributed by atoms with Crippen molar-refractivity contribution < 1.29 is 37.1 Å². The van der Waals surface area contributed by atoms with Crippen LogP contribution in [0, 0.1) is 11.8 Å². The molecule has 4 amide bonds. The molecule has 2 atom stereocenters. The average Bonchev–Trinajstić information content (AvgIpc) is 3.46. The van der Waals surface area contributed by atoms with Crippen LogP contribution in [0.15, 0.2) is 36.0 Å². The van der Waals surface area contributed by atoms with E-state index in [4.69, 9.17) is 4.74 Å². The molecule has 3 aromatic rings. The van der Waals surface area contributed by atoms with Gasteiger partial charge in [-0.1, -0.05) is 13.8 Å². The normalized spacial score (nSPS) is 13.0. The largest absolute Gasteiger partial charge is 0.434 e. The zero-order valence-corrected chi connectivity index (χ0v) is 26.7. The molecule has 0 radical (unpaired) electrons. The first-order valence-corrected chi connectivity index (χ1v) is 14.9. The number of pyridine rings is 2. The predicted octanol–water partition coefficient (Wildman–Crippen LogP) is 4.98. The SMILES string of the molecule is CCNC(=O)Nc1cc(-c2nc(C(F)(F)F)cs2)c(-c2ccnc(C(=O)NN[C@@H](OC(=O)NC(C)(C)C)C(C=O)C(C)C)c2)cn1. The Hall–Kier alpha value is -4.64. The van der Waals surface area contributed by atoms with E-state index in [1.807, 2.05) is 0 Å². The van der Waals surface area contributed by atoms with Crippen LogP contribution in [0.2, 0.25) is 0 Å². The number of urea groups is 1. The number of halogens is 3. The van der Waals surface area contributed by atoms with Gasteiger partial charge in [-0.3, -0.25) is 20.5 Å². The van der Waals surface area contributed by atoms with E-state index in [2.05, 4.69) is 41.8 Å². The Labute approximate surface area is 267 Å². The van der Waals surface area contributed by atoms with Gasteiger partial charge in [0, 0.05) is 41.0 Å². The minimum Gasteiger partial charge on any atom is -0.428 e. The summed E-state index contributed by atoms with van der Waals surface area (Å²) in [5, 5.41) is 8.54. The highest BCUT2D eigenvalue weighted by molar-refractivity contribution is 7.13. The van der Waals surface area contributed by atoms with Crippen molar-refractivity contribution >= 4 is 41.5 Å². The standard InChI is InChI=1S/C29H35F3N8O5S/c1-7-33-26(43)37-22-11-17(25-36-21(14-46-25)29(30,31)32)18(12-35-22)16-8-9-34-20(10-16)23(42)39-40-24(19(13-41)15(2)3)45-27(44)38-28(4,5)6/h8-15,19,24,40H,7H2,1-6H3,(H,38,44)(H,39,42)(H2,33,35,37,43)/t19?,24-/m0/s1. The maximum Gasteiger partial charge on any atom is 0.434 e. The van der Waals surface area contributed by atoms with Gasteiger partial charge in [0.25, 0.3) is 5.91 Å². The van der Waals surface area contributed by atoms with Crippen LogP contribution < -0.4 is 26.8 Å². The molecule has 3 aromatic heterocycles. The topological polar surface area (TPSA) is 176 Å². The highest BCUT2D eigenvalue weighted by atomic mass is 32.1. The number of alkyl carbamates (subject to hydrolysis) is 1. The smallest absolute Gasteiger partial charge is 0.428 e. The van der Waals surface area contributed by atoms with E-state index in [-0.39, 0.29) is 28.0 Å². The highest BCUT2D eigenvalue weighted by Gasteiger charge is 2.34. The van der Waals surface area contributed by atoms with Crippen molar-refractivity contribution in [3.8, 4) is 21.7 Å². The molecule has 5 N–H and O–H groups in total. The van der Waals surface area contributed by atoms with Gasteiger partial charge >= 0.3 is 18.3 Å². The quantitative estimate of drug-likeness (QED) is 0.107. The number of nitrogens with zero attached hydrogens (tertiary/aromatic N) is 3. The minimum absolute atomic E-state index is 0.00438. The third kappa shape index (κ3) is 9.93. The van der Waals surface area contributed by atoms with Gasteiger partial charge in [0.15, 0.2) is 11.9 Å². The van der Waals surface area contributed by atoms with E-state index in [9.17, 15) is 32.3 Å². The highest BCUT2D eigenvalue weighted by Crippen LogP contribution is 2.38. The minimum atomic E-state index is -4.67. The number of alkyl halides is 3. The van der Waals surface area contributed by atoms with Crippen molar-refractivity contribution in [2.45, 2.75) is 59.5 Å². The Balaban J connectivity index is 1.93. The van der Waals surface area contributed by atoms with Crippen molar-refractivity contribution in [2.24, 2.45) is 11.8 Å². The molecule has 0 spiro atoms. The van der Waals surface area contributed by atoms with Gasteiger partial charge in [-0.25, -0.2) is 19.6 Å². The number of ether oxygens (including phenoxy) is 1. The van der Waals surface area contributed by atoms with Gasteiger partial charge in [0.05, 0.1) is 5.92 Å². The maximum atomic E-state index is 13.4. The lowest BCUT2D eigenvalue weighted by molar-refractivity contribution is -0.140. The summed E-state index contributed by atoms with van der Waals surface area (Å²) in [6.07, 6.45) is -3.47. The number of rotatable bonds is 11. The molecule has 0 aliphatic rings. The fourth-order valence-electron chi connectivity index (χ4n) is 3.94. The Morgan fingerprint density at radius 1 is 1.09 bits per heavy atom. The first-order valence-electron chi connectivity index (χ1n) is 14.1. The molecule has 0 saturated heterocycles. The second-order valence-corrected chi connectivity index (χ2v) is 12.2. The number of carbonyl (C=O) groups excluding carboxylic acids is 4. The van der Waals surface area contributed by atoms with Gasteiger partial charge in [-0.05, 0) is 57.4 Å². The zero-order chi connectivity index (χ0) is 34.2. The van der Waals surface area contributed by atoms with Crippen LogP contribution >= 0.6 is 11.3 Å². The van der Waals surface area contributed by atoms with Gasteiger partial charge in [0.1, 0.15) is 22.8 Å². The number of aldehydes is 1. The lowest BCUT2D eigenvalue weighted by Gasteiger charge is -2.28. The van der Waals surface area contributed by atoms with Crippen LogP contribution in [-0.4, -0.2) is 57.6 Å². The monoisotopic (exact) mass is 664 g/mol. The number of aromatic nitrogens is 3. The van der Waals surface area contributed by atoms with E-state index in [0.717, 1.165) is 16.7 Å². The fourth-order valence-corrected chi connectivity index (χ4v) is 4.79. The molecule has 0 saturated carbocycles. The number of nitrogens with one attached hydrogen (secondary N) is 5. The van der Waals surface area contributed by atoms with Crippen molar-refractivity contribution in [2.75, 3.05) is 11.9 Å². The van der Waals surface area contributed by atoms with Crippen LogP contribution in [0.5, 0.6) is 0 Å². The Morgan fingerprint density at radius 3 is 2.39 bits per heavy atom. The predicted molar refractivity (Wildman–Crippen MR) is 164 cm³/mol. The van der Waals surface area contributed by atoms with Gasteiger partial charge < -0.3 is 20.2 Å². The summed E-state index contributed by atoms with van der Waals surface area (Å²) in [6.45, 7) is 10.8. The van der Waals surface area contributed by atoms with Crippen LogP contribution in [-0.2, 0) is 15.7 Å². The van der Waals surface area contributed by atoms with Crippen molar-refractivity contribution in [3.05, 3.63) is 47.4 Å². The Kier molecular flexibility index (Phi) is 11.8. The first kappa shape index (κ1) is 35.8. The van der Waals surface area contributed by atoms with Crippen molar-refractivity contribution in [1.29, 1.82) is 0 Å². The van der Waals surface area contributed by atoms with Gasteiger partial charge in [-0.15, -0.1) is 11.3 Å². The molecule has 3 rings (SSSR count). The van der Waals surface area contributed by atoms with Crippen LogP contribution in [0.1, 0.15) is 57.7 Å². The van der Waals surface area contributed by atoms with E-state index in [1.165, 1.54) is 30.6 Å². The third-order valence-corrected chi connectivity index (χ3v) is 7.00. The van der Waals surface area contributed by atoms with Crippen LogP contribution in [0.3, 0.4) is 0 Å². The second kappa shape index (κ2) is 15.1. The average molecular weight is 665 g/mol. The Morgan fingerprint density at radius 2 is 1.80 bits per heavy atom. The van der Waals surface area contributed by atoms with Crippen LogP contribution in [0.25, 0.3) is 21.7 Å². The summed E-state index contributed by atoms with van der Waals surface area (Å²) in [4.78, 5) is 61.5. The lowest BCUT2D eigenvalue weighted by atomic mass is 9.96. The maximum absolute atomic E-state index is 13.4. The number of hydrogen-bond donors (Lipinski definition) is 5. The Bertz CT molecular complexity index is 1560. The second-order valence-electron chi connectivity index (χ2n) is 11.3. The molecular formula is C29H35F3N8O5S. The molecule has 46 heavy (non-hydrogen) atoms. The number of anilines is 1. The van der Waals surface area contributed by atoms with Gasteiger partial charge in [-0.2, -0.15) is 18.6 Å². The number of amides is 4. The van der Waals surface area contributed by atoms with E-state index >= 15 is 0 Å². The summed E-state index contributed by atoms with van der Waals surface area (Å²) < 4.78 is 45.5. The molecule has 0 aromatic carbocycles. The molecule has 1 unspecified atom stereocenters. The summed E-state index contributed by atoms with van der Waals surface area (Å²) in [5.74, 6) is -1.81. The first-order chi connectivity index (χ1) is 21.5. The summed E-state index contributed by atoms with van der Waals surface area (Å²) in [7, 11) is 0. The summed E-state index contributed by atoms with van der Waals surface area (Å²) in [6, 6.07) is 3.70. The van der Waals surface area contributed by atoms with E-state index in [1.54, 1.807) is 41.5 Å². The van der Waals surface area contributed by atoms with Crippen LogP contribution in [0.4, 0.5) is 28.6 Å². The molecule has 0 aliphatic heterocycles. The lowest BCUT2D eigenvalue weighted by Crippen LogP contribution is -2.53. The number of thiazole rings is 1. The molecule has 13 nitrogen and oxygen atoms in total. The number of hydrogen-bond acceptors (Lipinski definition) is 10. The molecule has 0 bridgehead atoms. The summed E-state index contributed by atoms with van der Waals surface area (Å²) >= 11 is 0.746. The molecule has 0 fully saturated rings. The van der Waals surface area contributed by atoms with E-state index < -0.39 is 47.6 Å². The molecule has 3 heterocycles. The molecule has 17 heteroatoms. The molecule has 248 valence electrons. The number of carbonyl (C=O) groups is 4. The fraction of sp³-hybridized carbons (Fsp3) is 0.414. The van der Waals surface area contributed by atoms with E-state index in [0.29, 0.717) is 24.0 Å². The van der Waals surface area contributed by atoms with Crippen molar-refractivity contribution in [1.82, 2.24) is 36.4 Å². The zero-order valence-electron chi connectivity index (χ0n) is 25.9. The molecule has 0 aliphatic carbocycles. The molecular weight excluding hydrogens is 629 g/mol. The summed E-state index contributed by atoms with van der Waals surface area (Å²) in [5.41, 5.74) is 4.02.